The second-order valence-electron chi connectivity index (χ2n) is 9.04. The molecular formula is C27H31Cl2N5O. The maximum atomic E-state index is 6.10. The van der Waals surface area contributed by atoms with Gasteiger partial charge >= 0.3 is 0 Å². The van der Waals surface area contributed by atoms with Crippen LogP contribution in [0.1, 0.15) is 23.4 Å². The average Bonchev–Trinajstić information content (AvgIpc) is 3.34. The molecule has 6 nitrogen and oxygen atoms in total. The highest BCUT2D eigenvalue weighted by molar-refractivity contribution is 5.92. The molecule has 4 aromatic rings. The quantitative estimate of drug-likeness (QED) is 0.367. The molecule has 0 bridgehead atoms. The third-order valence-electron chi connectivity index (χ3n) is 6.90. The van der Waals surface area contributed by atoms with Crippen molar-refractivity contribution in [3.63, 3.8) is 0 Å². The molecule has 8 heteroatoms. The van der Waals surface area contributed by atoms with E-state index >= 15 is 0 Å². The minimum Gasteiger partial charge on any atom is -0.485 e. The highest BCUT2D eigenvalue weighted by Crippen LogP contribution is 2.33. The number of piperazine rings is 1. The molecule has 0 aliphatic carbocycles. The Hall–Kier alpha value is -2.80. The molecule has 2 aromatic carbocycles. The minimum atomic E-state index is 0. The van der Waals surface area contributed by atoms with E-state index < -0.39 is 0 Å². The summed E-state index contributed by atoms with van der Waals surface area (Å²) in [7, 11) is 0. The molecule has 0 spiro atoms. The standard InChI is InChI=1S/C27H29N5O.2ClH/c1-20-10-11-23-24(29-20)7-3-8-25(23)31-15-13-30(14-16-31)12-4-6-21-5-2-9-26-27(21)33-18-22-17-28-19-32(22)26;;/h2-3,5,7-11,17,19H,4,6,12-16,18H2,1H3;2*1H. The van der Waals surface area contributed by atoms with Gasteiger partial charge in [0.25, 0.3) is 0 Å². The molecule has 4 heterocycles. The number of fused-ring (bicyclic) bond motifs is 4. The lowest BCUT2D eigenvalue weighted by molar-refractivity contribution is 0.253. The van der Waals surface area contributed by atoms with Gasteiger partial charge in [0, 0.05) is 42.9 Å². The number of pyridine rings is 1. The summed E-state index contributed by atoms with van der Waals surface area (Å²) >= 11 is 0. The lowest BCUT2D eigenvalue weighted by Crippen LogP contribution is -2.46. The van der Waals surface area contributed by atoms with Crippen molar-refractivity contribution in [2.24, 2.45) is 0 Å². The second kappa shape index (κ2) is 10.9. The topological polar surface area (TPSA) is 46.4 Å². The first kappa shape index (κ1) is 25.3. The van der Waals surface area contributed by atoms with E-state index in [1.807, 2.05) is 12.5 Å². The van der Waals surface area contributed by atoms with E-state index in [2.05, 4.69) is 74.8 Å². The first-order valence-electron chi connectivity index (χ1n) is 11.9. The number of ether oxygens (including phenoxy) is 1. The average molecular weight is 512 g/mol. The molecule has 1 saturated heterocycles. The molecule has 2 aliphatic heterocycles. The zero-order chi connectivity index (χ0) is 22.2. The Labute approximate surface area is 218 Å². The number of para-hydroxylation sites is 1. The number of aryl methyl sites for hydroxylation is 2. The van der Waals surface area contributed by atoms with Crippen molar-refractivity contribution in [2.45, 2.75) is 26.4 Å². The van der Waals surface area contributed by atoms with Gasteiger partial charge in [-0.25, -0.2) is 4.98 Å². The van der Waals surface area contributed by atoms with Gasteiger partial charge in [0.2, 0.25) is 0 Å². The van der Waals surface area contributed by atoms with Crippen LogP contribution in [-0.4, -0.2) is 52.2 Å². The van der Waals surface area contributed by atoms with Crippen molar-refractivity contribution < 1.29 is 4.74 Å². The summed E-state index contributed by atoms with van der Waals surface area (Å²) in [6, 6.07) is 17.3. The number of rotatable bonds is 5. The minimum absolute atomic E-state index is 0. The van der Waals surface area contributed by atoms with Crippen molar-refractivity contribution in [1.82, 2.24) is 19.4 Å². The fourth-order valence-electron chi connectivity index (χ4n) is 5.14. The van der Waals surface area contributed by atoms with Gasteiger partial charge in [-0.3, -0.25) is 14.5 Å². The van der Waals surface area contributed by atoms with Crippen molar-refractivity contribution in [2.75, 3.05) is 37.6 Å². The molecule has 35 heavy (non-hydrogen) atoms. The van der Waals surface area contributed by atoms with Gasteiger partial charge in [-0.15, -0.1) is 24.8 Å². The van der Waals surface area contributed by atoms with Gasteiger partial charge in [-0.05, 0) is 62.2 Å². The van der Waals surface area contributed by atoms with Crippen molar-refractivity contribution in [3.05, 3.63) is 78.0 Å². The summed E-state index contributed by atoms with van der Waals surface area (Å²) in [6.45, 7) is 8.06. The van der Waals surface area contributed by atoms with E-state index in [1.165, 1.54) is 16.6 Å². The highest BCUT2D eigenvalue weighted by atomic mass is 35.5. The Balaban J connectivity index is 0.00000144. The summed E-state index contributed by atoms with van der Waals surface area (Å²) < 4.78 is 8.25. The van der Waals surface area contributed by atoms with E-state index in [4.69, 9.17) is 9.72 Å². The molecule has 2 aliphatic rings. The zero-order valence-electron chi connectivity index (χ0n) is 19.9. The fraction of sp³-hybridized carbons (Fsp3) is 0.333. The van der Waals surface area contributed by atoms with Gasteiger partial charge in [0.1, 0.15) is 12.4 Å². The van der Waals surface area contributed by atoms with Crippen LogP contribution in [0.2, 0.25) is 0 Å². The van der Waals surface area contributed by atoms with Gasteiger partial charge in [0.15, 0.2) is 0 Å². The van der Waals surface area contributed by atoms with Crippen LogP contribution < -0.4 is 9.64 Å². The lowest BCUT2D eigenvalue weighted by Gasteiger charge is -2.36. The Kier molecular flexibility index (Phi) is 7.85. The van der Waals surface area contributed by atoms with Crippen molar-refractivity contribution in [1.29, 1.82) is 0 Å². The first-order chi connectivity index (χ1) is 16.3. The van der Waals surface area contributed by atoms with Crippen molar-refractivity contribution in [3.8, 4) is 11.4 Å². The Morgan fingerprint density at radius 3 is 2.57 bits per heavy atom. The number of benzene rings is 2. The van der Waals surface area contributed by atoms with Gasteiger partial charge < -0.3 is 9.64 Å². The van der Waals surface area contributed by atoms with E-state index in [1.54, 1.807) is 0 Å². The van der Waals surface area contributed by atoms with Crippen LogP contribution in [0.15, 0.2) is 61.1 Å². The SMILES string of the molecule is Cc1ccc2c(N3CCN(CCCc4cccc5c4OCc4cncn4-5)CC3)cccc2n1.Cl.Cl. The summed E-state index contributed by atoms with van der Waals surface area (Å²) in [5, 5.41) is 1.26. The monoisotopic (exact) mass is 511 g/mol. The number of nitrogens with zero attached hydrogens (tertiary/aromatic N) is 5. The highest BCUT2D eigenvalue weighted by Gasteiger charge is 2.21. The molecule has 0 N–H and O–H groups in total. The molecule has 0 radical (unpaired) electrons. The molecule has 0 saturated carbocycles. The van der Waals surface area contributed by atoms with Crippen LogP contribution in [0, 0.1) is 6.92 Å². The Bertz CT molecular complexity index is 1300. The number of imidazole rings is 1. The molecule has 0 amide bonds. The van der Waals surface area contributed by atoms with Crippen LogP contribution in [-0.2, 0) is 13.0 Å². The summed E-state index contributed by atoms with van der Waals surface area (Å²) in [5.41, 5.74) is 6.98. The molecule has 184 valence electrons. The van der Waals surface area contributed by atoms with Crippen LogP contribution in [0.4, 0.5) is 5.69 Å². The van der Waals surface area contributed by atoms with Gasteiger partial charge in [0.05, 0.1) is 29.4 Å². The molecule has 6 rings (SSSR count). The van der Waals surface area contributed by atoms with E-state index in [9.17, 15) is 0 Å². The number of halogens is 2. The van der Waals surface area contributed by atoms with Crippen molar-refractivity contribution >= 4 is 41.4 Å². The summed E-state index contributed by atoms with van der Waals surface area (Å²) in [4.78, 5) is 14.1. The number of hydrogen-bond donors (Lipinski definition) is 0. The van der Waals surface area contributed by atoms with E-state index in [0.29, 0.717) is 6.61 Å². The predicted molar refractivity (Wildman–Crippen MR) is 146 cm³/mol. The third-order valence-corrected chi connectivity index (χ3v) is 6.90. The van der Waals surface area contributed by atoms with Gasteiger partial charge in [-0.1, -0.05) is 18.2 Å². The lowest BCUT2D eigenvalue weighted by atomic mass is 10.1. The molecule has 0 unspecified atom stereocenters. The van der Waals surface area contributed by atoms with Crippen LogP contribution >= 0.6 is 24.8 Å². The number of aromatic nitrogens is 3. The van der Waals surface area contributed by atoms with Crippen LogP contribution in [0.3, 0.4) is 0 Å². The third kappa shape index (κ3) is 4.96. The molecule has 2 aromatic heterocycles. The fourth-order valence-corrected chi connectivity index (χ4v) is 5.14. The van der Waals surface area contributed by atoms with Crippen LogP contribution in [0.5, 0.6) is 5.75 Å². The predicted octanol–water partition coefficient (Wildman–Crippen LogP) is 5.22. The smallest absolute Gasteiger partial charge is 0.147 e. The van der Waals surface area contributed by atoms with E-state index in [0.717, 1.165) is 73.9 Å². The summed E-state index contributed by atoms with van der Waals surface area (Å²) in [6.07, 6.45) is 5.92. The molecule has 1 fully saturated rings. The van der Waals surface area contributed by atoms with E-state index in [-0.39, 0.29) is 24.8 Å². The normalized spacial score (nSPS) is 14.9. The molecular weight excluding hydrogens is 481 g/mol. The first-order valence-corrected chi connectivity index (χ1v) is 11.9. The Morgan fingerprint density at radius 1 is 0.914 bits per heavy atom. The zero-order valence-corrected chi connectivity index (χ0v) is 21.5. The van der Waals surface area contributed by atoms with Gasteiger partial charge in [-0.2, -0.15) is 0 Å². The number of hydrogen-bond acceptors (Lipinski definition) is 5. The van der Waals surface area contributed by atoms with Crippen LogP contribution in [0.25, 0.3) is 16.6 Å². The maximum absolute atomic E-state index is 6.10. The Morgan fingerprint density at radius 2 is 1.71 bits per heavy atom. The summed E-state index contributed by atoms with van der Waals surface area (Å²) in [5.74, 6) is 1.02. The largest absolute Gasteiger partial charge is 0.485 e. The molecule has 0 atom stereocenters. The maximum Gasteiger partial charge on any atom is 0.147 e. The second-order valence-corrected chi connectivity index (χ2v) is 9.04. The number of anilines is 1.